The number of hydrogen-bond acceptors (Lipinski definition) is 5. The van der Waals surface area contributed by atoms with Gasteiger partial charge in [-0.25, -0.2) is 22.0 Å². The van der Waals surface area contributed by atoms with Gasteiger partial charge in [-0.15, -0.1) is 0 Å². The highest BCUT2D eigenvalue weighted by Crippen LogP contribution is 2.33. The molecule has 236 valence electrons. The summed E-state index contributed by atoms with van der Waals surface area (Å²) in [6.07, 6.45) is -2.85. The molecule has 3 rings (SSSR count). The molecule has 0 aliphatic rings. The van der Waals surface area contributed by atoms with E-state index in [1.165, 1.54) is 42.3 Å². The van der Waals surface area contributed by atoms with Gasteiger partial charge in [0.2, 0.25) is 5.91 Å². The monoisotopic (exact) mass is 638 g/mol. The number of nitrogens with one attached hydrogen (secondary N) is 3. The number of rotatable bonds is 11. The van der Waals surface area contributed by atoms with Crippen LogP contribution < -0.4 is 25.6 Å². The Morgan fingerprint density at radius 3 is 2.30 bits per heavy atom. The predicted molar refractivity (Wildman–Crippen MR) is 161 cm³/mol. The van der Waals surface area contributed by atoms with E-state index in [4.69, 9.17) is 16.3 Å². The maximum absolute atomic E-state index is 15.3. The van der Waals surface area contributed by atoms with Gasteiger partial charge in [0.05, 0.1) is 10.6 Å². The van der Waals surface area contributed by atoms with Crippen LogP contribution in [0.4, 0.5) is 39.0 Å². The molecule has 0 fully saturated rings. The predicted octanol–water partition coefficient (Wildman–Crippen LogP) is 7.64. The number of nitrogens with zero attached hydrogens (tertiary/aromatic N) is 1. The molecule has 0 bridgehead atoms. The van der Waals surface area contributed by atoms with Crippen molar-refractivity contribution in [2.24, 2.45) is 5.41 Å². The minimum atomic E-state index is -2.85. The normalized spacial score (nSPS) is 11.3. The summed E-state index contributed by atoms with van der Waals surface area (Å²) < 4.78 is 74.9. The zero-order chi connectivity index (χ0) is 32.9. The first-order valence-electron chi connectivity index (χ1n) is 13.3. The van der Waals surface area contributed by atoms with Crippen molar-refractivity contribution in [2.45, 2.75) is 40.7 Å². The van der Waals surface area contributed by atoms with Crippen LogP contribution in [0.25, 0.3) is 0 Å². The van der Waals surface area contributed by atoms with E-state index in [0.29, 0.717) is 11.3 Å². The molecule has 0 saturated heterocycles. The van der Waals surface area contributed by atoms with Crippen LogP contribution in [0.5, 0.6) is 5.75 Å². The molecule has 2 amide bonds. The number of carbonyl (C=O) groups excluding carboxylic acids is 2. The number of ether oxygens (including phenoxy) is 1. The zero-order valence-electron chi connectivity index (χ0n) is 24.7. The Labute approximate surface area is 257 Å². The smallest absolute Gasteiger partial charge is 0.272 e. The van der Waals surface area contributed by atoms with Crippen LogP contribution in [0.2, 0.25) is 5.02 Å². The number of hydrogen-bond donors (Lipinski definition) is 3. The van der Waals surface area contributed by atoms with Gasteiger partial charge in [0.25, 0.3) is 12.3 Å². The van der Waals surface area contributed by atoms with E-state index in [1.54, 1.807) is 27.7 Å². The Bertz CT molecular complexity index is 1580. The van der Waals surface area contributed by atoms with Gasteiger partial charge >= 0.3 is 0 Å². The SMILES string of the molecule is C=C(Nc1c(F)ccc(CNC(=O)C(C)(C)C)c1F)N(C)c1cc(OCC(F)F)c(C(=O)Nc2ccc(F)c(Cl)c2)cc1C. The molecule has 0 spiro atoms. The fraction of sp³-hybridized carbons (Fsp3) is 0.290. The fourth-order valence-corrected chi connectivity index (χ4v) is 4.10. The van der Waals surface area contributed by atoms with Crippen LogP contribution in [0.3, 0.4) is 0 Å². The summed E-state index contributed by atoms with van der Waals surface area (Å²) in [5.74, 6) is -3.86. The molecular weight excluding hydrogens is 607 g/mol. The second kappa shape index (κ2) is 14.0. The van der Waals surface area contributed by atoms with Gasteiger partial charge in [0.1, 0.15) is 35.5 Å². The third kappa shape index (κ3) is 8.40. The molecule has 7 nitrogen and oxygen atoms in total. The molecular formula is C31H32ClF5N4O3. The lowest BCUT2D eigenvalue weighted by Crippen LogP contribution is -2.34. The third-order valence-corrected chi connectivity index (χ3v) is 6.70. The van der Waals surface area contributed by atoms with E-state index >= 15 is 4.39 Å². The van der Waals surface area contributed by atoms with E-state index in [-0.39, 0.29) is 45.9 Å². The standard InChI is InChI=1S/C31H32ClF5N4O3/c1-16-11-20(29(42)40-19-8-10-22(33)21(32)12-19)25(44-15-26(35)36)13-24(16)41(6)17(2)39-28-23(34)9-7-18(27(28)37)14-38-30(43)31(3,4)5/h7-13,26,39H,2,14-15H2,1,3-6H3,(H,38,43)(H,40,42). The highest BCUT2D eigenvalue weighted by Gasteiger charge is 2.24. The van der Waals surface area contributed by atoms with E-state index < -0.39 is 47.5 Å². The quantitative estimate of drug-likeness (QED) is 0.188. The van der Waals surface area contributed by atoms with E-state index in [9.17, 15) is 27.2 Å². The Balaban J connectivity index is 1.89. The molecule has 3 aromatic rings. The van der Waals surface area contributed by atoms with Crippen LogP contribution in [0, 0.1) is 29.8 Å². The summed E-state index contributed by atoms with van der Waals surface area (Å²) in [6, 6.07) is 8.45. The molecule has 3 aromatic carbocycles. The fourth-order valence-electron chi connectivity index (χ4n) is 3.92. The number of benzene rings is 3. The third-order valence-electron chi connectivity index (χ3n) is 6.41. The number of anilines is 3. The molecule has 0 aliphatic heterocycles. The average Bonchev–Trinajstić information content (AvgIpc) is 2.94. The van der Waals surface area contributed by atoms with Crippen molar-refractivity contribution in [3.8, 4) is 5.75 Å². The van der Waals surface area contributed by atoms with E-state index in [2.05, 4.69) is 22.5 Å². The summed E-state index contributed by atoms with van der Waals surface area (Å²) in [4.78, 5) is 26.7. The Hall–Kier alpha value is -4.32. The van der Waals surface area contributed by atoms with Gasteiger partial charge in [-0.2, -0.15) is 0 Å². The Morgan fingerprint density at radius 1 is 1.02 bits per heavy atom. The lowest BCUT2D eigenvalue weighted by molar-refractivity contribution is -0.128. The van der Waals surface area contributed by atoms with Crippen molar-refractivity contribution in [2.75, 3.05) is 29.2 Å². The van der Waals surface area contributed by atoms with Crippen molar-refractivity contribution in [3.05, 3.63) is 94.0 Å². The van der Waals surface area contributed by atoms with Crippen molar-refractivity contribution in [1.29, 1.82) is 0 Å². The van der Waals surface area contributed by atoms with E-state index in [0.717, 1.165) is 12.1 Å². The Kier molecular flexibility index (Phi) is 10.9. The highest BCUT2D eigenvalue weighted by molar-refractivity contribution is 6.31. The Morgan fingerprint density at radius 2 is 1.68 bits per heavy atom. The minimum absolute atomic E-state index is 0.0141. The van der Waals surface area contributed by atoms with Crippen LogP contribution in [0.15, 0.2) is 54.9 Å². The molecule has 0 atom stereocenters. The van der Waals surface area contributed by atoms with Crippen molar-refractivity contribution in [1.82, 2.24) is 5.32 Å². The molecule has 44 heavy (non-hydrogen) atoms. The second-order valence-corrected chi connectivity index (χ2v) is 11.3. The second-order valence-electron chi connectivity index (χ2n) is 10.9. The summed E-state index contributed by atoms with van der Waals surface area (Å²) in [5.41, 5.74) is -0.411. The molecule has 0 radical (unpaired) electrons. The maximum atomic E-state index is 15.3. The number of amides is 2. The summed E-state index contributed by atoms with van der Waals surface area (Å²) >= 11 is 5.78. The first kappa shape index (κ1) is 34.2. The number of alkyl halides is 2. The van der Waals surface area contributed by atoms with Gasteiger partial charge < -0.3 is 25.6 Å². The summed E-state index contributed by atoms with van der Waals surface area (Å²) in [6.45, 7) is 9.34. The van der Waals surface area contributed by atoms with Crippen molar-refractivity contribution >= 4 is 40.5 Å². The molecule has 0 saturated carbocycles. The van der Waals surface area contributed by atoms with Crippen LogP contribution in [-0.2, 0) is 11.3 Å². The van der Waals surface area contributed by atoms with Gasteiger partial charge in [-0.3, -0.25) is 9.59 Å². The number of halogens is 6. The molecule has 13 heteroatoms. The maximum Gasteiger partial charge on any atom is 0.272 e. The zero-order valence-corrected chi connectivity index (χ0v) is 25.4. The summed E-state index contributed by atoms with van der Waals surface area (Å²) in [7, 11) is 1.50. The van der Waals surface area contributed by atoms with Crippen LogP contribution in [0.1, 0.15) is 42.3 Å². The van der Waals surface area contributed by atoms with E-state index in [1.807, 2.05) is 0 Å². The molecule has 3 N–H and O–H groups in total. The number of carbonyl (C=O) groups is 2. The lowest BCUT2D eigenvalue weighted by Gasteiger charge is -2.26. The first-order chi connectivity index (χ1) is 20.5. The van der Waals surface area contributed by atoms with Gasteiger partial charge in [-0.05, 0) is 42.8 Å². The number of aryl methyl sites for hydroxylation is 1. The largest absolute Gasteiger partial charge is 0.487 e. The highest BCUT2D eigenvalue weighted by atomic mass is 35.5. The van der Waals surface area contributed by atoms with Gasteiger partial charge in [0, 0.05) is 42.0 Å². The first-order valence-corrected chi connectivity index (χ1v) is 13.6. The molecule has 0 unspecified atom stereocenters. The van der Waals surface area contributed by atoms with Crippen LogP contribution in [-0.4, -0.2) is 31.9 Å². The molecule has 0 aromatic heterocycles. The van der Waals surface area contributed by atoms with Crippen molar-refractivity contribution < 1.29 is 36.3 Å². The summed E-state index contributed by atoms with van der Waals surface area (Å²) in [5, 5.41) is 7.49. The topological polar surface area (TPSA) is 82.7 Å². The lowest BCUT2D eigenvalue weighted by atomic mass is 9.95. The molecule has 0 heterocycles. The molecule has 0 aliphatic carbocycles. The average molecular weight is 639 g/mol. The van der Waals surface area contributed by atoms with Gasteiger partial charge in [-0.1, -0.05) is 45.0 Å². The van der Waals surface area contributed by atoms with Gasteiger partial charge in [0.15, 0.2) is 5.82 Å². The van der Waals surface area contributed by atoms with Crippen molar-refractivity contribution in [3.63, 3.8) is 0 Å². The minimum Gasteiger partial charge on any atom is -0.487 e. The van der Waals surface area contributed by atoms with Crippen LogP contribution >= 0.6 is 11.6 Å².